The summed E-state index contributed by atoms with van der Waals surface area (Å²) in [6.45, 7) is 0. The summed E-state index contributed by atoms with van der Waals surface area (Å²) in [5, 5.41) is 2.79. The standard InChI is InChI=1S/C16H19N3O2/c1-19(2)12-6-4-11(5-7-12)16(20)18-15-9-8-13(21-3)10-14(15)17/h4-10H,17H2,1-3H3,(H,18,20). The predicted molar refractivity (Wildman–Crippen MR) is 86.1 cm³/mol. The zero-order valence-corrected chi connectivity index (χ0v) is 12.4. The zero-order chi connectivity index (χ0) is 15.4. The summed E-state index contributed by atoms with van der Waals surface area (Å²) in [5.74, 6) is 0.456. The second-order valence-corrected chi connectivity index (χ2v) is 4.85. The van der Waals surface area contributed by atoms with Crippen molar-refractivity contribution in [1.29, 1.82) is 0 Å². The molecule has 0 bridgehead atoms. The molecule has 0 spiro atoms. The second-order valence-electron chi connectivity index (χ2n) is 4.85. The Morgan fingerprint density at radius 3 is 2.33 bits per heavy atom. The number of benzene rings is 2. The van der Waals surface area contributed by atoms with Crippen molar-refractivity contribution in [3.8, 4) is 5.75 Å². The number of nitrogens with one attached hydrogen (secondary N) is 1. The molecular formula is C16H19N3O2. The van der Waals surface area contributed by atoms with Gasteiger partial charge in [0.05, 0.1) is 18.5 Å². The first-order valence-corrected chi connectivity index (χ1v) is 6.53. The molecule has 0 aromatic heterocycles. The van der Waals surface area contributed by atoms with E-state index < -0.39 is 0 Å². The Kier molecular flexibility index (Phi) is 4.33. The van der Waals surface area contributed by atoms with Gasteiger partial charge in [0.1, 0.15) is 5.75 Å². The number of amides is 1. The van der Waals surface area contributed by atoms with Gasteiger partial charge in [0.15, 0.2) is 0 Å². The highest BCUT2D eigenvalue weighted by atomic mass is 16.5. The van der Waals surface area contributed by atoms with E-state index in [2.05, 4.69) is 5.32 Å². The molecule has 0 atom stereocenters. The van der Waals surface area contributed by atoms with E-state index in [9.17, 15) is 4.79 Å². The van der Waals surface area contributed by atoms with Crippen LogP contribution in [0.25, 0.3) is 0 Å². The van der Waals surface area contributed by atoms with Crippen molar-refractivity contribution < 1.29 is 9.53 Å². The van der Waals surface area contributed by atoms with Crippen molar-refractivity contribution in [2.45, 2.75) is 0 Å². The van der Waals surface area contributed by atoms with E-state index in [1.165, 1.54) is 0 Å². The maximum absolute atomic E-state index is 12.2. The molecule has 0 aliphatic rings. The van der Waals surface area contributed by atoms with Gasteiger partial charge < -0.3 is 20.7 Å². The van der Waals surface area contributed by atoms with Gasteiger partial charge in [0.2, 0.25) is 0 Å². The first-order valence-electron chi connectivity index (χ1n) is 6.53. The van der Waals surface area contributed by atoms with Gasteiger partial charge >= 0.3 is 0 Å². The maximum Gasteiger partial charge on any atom is 0.255 e. The lowest BCUT2D eigenvalue weighted by Crippen LogP contribution is -2.14. The van der Waals surface area contributed by atoms with E-state index in [0.717, 1.165) is 5.69 Å². The van der Waals surface area contributed by atoms with Crippen LogP contribution in [0.2, 0.25) is 0 Å². The van der Waals surface area contributed by atoms with Crippen LogP contribution in [-0.4, -0.2) is 27.1 Å². The fourth-order valence-corrected chi connectivity index (χ4v) is 1.89. The van der Waals surface area contributed by atoms with Crippen molar-refractivity contribution in [2.75, 3.05) is 37.2 Å². The Balaban J connectivity index is 2.14. The number of hydrogen-bond donors (Lipinski definition) is 2. The van der Waals surface area contributed by atoms with Gasteiger partial charge in [-0.05, 0) is 36.4 Å². The Bertz CT molecular complexity index is 636. The number of carbonyl (C=O) groups is 1. The third-order valence-corrected chi connectivity index (χ3v) is 3.15. The molecule has 3 N–H and O–H groups in total. The summed E-state index contributed by atoms with van der Waals surface area (Å²) in [6.07, 6.45) is 0. The van der Waals surface area contributed by atoms with Crippen molar-refractivity contribution in [3.63, 3.8) is 0 Å². The summed E-state index contributed by atoms with van der Waals surface area (Å²) in [6, 6.07) is 12.5. The van der Waals surface area contributed by atoms with E-state index in [0.29, 0.717) is 22.7 Å². The molecule has 0 fully saturated rings. The molecule has 0 heterocycles. The molecule has 0 saturated carbocycles. The molecule has 5 heteroatoms. The zero-order valence-electron chi connectivity index (χ0n) is 12.4. The topological polar surface area (TPSA) is 67.6 Å². The number of rotatable bonds is 4. The highest BCUT2D eigenvalue weighted by Gasteiger charge is 2.09. The summed E-state index contributed by atoms with van der Waals surface area (Å²) in [7, 11) is 5.47. The molecule has 5 nitrogen and oxygen atoms in total. The van der Waals surface area contributed by atoms with Crippen LogP contribution < -0.4 is 20.7 Å². The Hall–Kier alpha value is -2.69. The van der Waals surface area contributed by atoms with Crippen LogP contribution in [-0.2, 0) is 0 Å². The smallest absolute Gasteiger partial charge is 0.255 e. The largest absolute Gasteiger partial charge is 0.497 e. The maximum atomic E-state index is 12.2. The van der Waals surface area contributed by atoms with Crippen molar-refractivity contribution >= 4 is 23.0 Å². The molecule has 0 unspecified atom stereocenters. The van der Waals surface area contributed by atoms with E-state index >= 15 is 0 Å². The predicted octanol–water partition coefficient (Wildman–Crippen LogP) is 2.60. The van der Waals surface area contributed by atoms with Crippen LogP contribution >= 0.6 is 0 Å². The van der Waals surface area contributed by atoms with Gasteiger partial charge in [-0.15, -0.1) is 0 Å². The number of methoxy groups -OCH3 is 1. The van der Waals surface area contributed by atoms with E-state index in [4.69, 9.17) is 10.5 Å². The van der Waals surface area contributed by atoms with E-state index in [1.807, 2.05) is 31.1 Å². The van der Waals surface area contributed by atoms with Crippen LogP contribution in [0.5, 0.6) is 5.75 Å². The van der Waals surface area contributed by atoms with Gasteiger partial charge in [-0.1, -0.05) is 0 Å². The van der Waals surface area contributed by atoms with Crippen molar-refractivity contribution in [3.05, 3.63) is 48.0 Å². The fourth-order valence-electron chi connectivity index (χ4n) is 1.89. The molecule has 2 rings (SSSR count). The monoisotopic (exact) mass is 285 g/mol. The van der Waals surface area contributed by atoms with Crippen LogP contribution in [0.3, 0.4) is 0 Å². The molecule has 0 saturated heterocycles. The lowest BCUT2D eigenvalue weighted by molar-refractivity contribution is 0.102. The summed E-state index contributed by atoms with van der Waals surface area (Å²) < 4.78 is 5.08. The number of hydrogen-bond acceptors (Lipinski definition) is 4. The minimum atomic E-state index is -0.197. The van der Waals surface area contributed by atoms with Crippen molar-refractivity contribution in [1.82, 2.24) is 0 Å². The Morgan fingerprint density at radius 2 is 1.81 bits per heavy atom. The SMILES string of the molecule is COc1ccc(NC(=O)c2ccc(N(C)C)cc2)c(N)c1. The van der Waals surface area contributed by atoms with Crippen LogP contribution in [0.4, 0.5) is 17.1 Å². The molecule has 110 valence electrons. The fraction of sp³-hybridized carbons (Fsp3) is 0.188. The van der Waals surface area contributed by atoms with E-state index in [1.54, 1.807) is 37.4 Å². The minimum absolute atomic E-state index is 0.197. The van der Waals surface area contributed by atoms with Gasteiger partial charge in [-0.2, -0.15) is 0 Å². The molecule has 0 aliphatic heterocycles. The molecular weight excluding hydrogens is 266 g/mol. The first kappa shape index (κ1) is 14.7. The van der Waals surface area contributed by atoms with Crippen LogP contribution in [0.15, 0.2) is 42.5 Å². The molecule has 2 aromatic carbocycles. The molecule has 0 aliphatic carbocycles. The van der Waals surface area contributed by atoms with Crippen LogP contribution in [0, 0.1) is 0 Å². The minimum Gasteiger partial charge on any atom is -0.497 e. The van der Waals surface area contributed by atoms with E-state index in [-0.39, 0.29) is 5.91 Å². The number of ether oxygens (including phenoxy) is 1. The molecule has 21 heavy (non-hydrogen) atoms. The molecule has 0 radical (unpaired) electrons. The highest BCUT2D eigenvalue weighted by molar-refractivity contribution is 6.05. The highest BCUT2D eigenvalue weighted by Crippen LogP contribution is 2.24. The van der Waals surface area contributed by atoms with Crippen LogP contribution in [0.1, 0.15) is 10.4 Å². The summed E-state index contributed by atoms with van der Waals surface area (Å²) in [5.41, 5.74) is 8.54. The third kappa shape index (κ3) is 3.45. The lowest BCUT2D eigenvalue weighted by atomic mass is 10.1. The summed E-state index contributed by atoms with van der Waals surface area (Å²) in [4.78, 5) is 14.2. The Labute approximate surface area is 124 Å². The Morgan fingerprint density at radius 1 is 1.14 bits per heavy atom. The normalized spacial score (nSPS) is 10.0. The molecule has 1 amide bonds. The third-order valence-electron chi connectivity index (χ3n) is 3.15. The lowest BCUT2D eigenvalue weighted by Gasteiger charge is -2.13. The number of carbonyl (C=O) groups excluding carboxylic acids is 1. The number of anilines is 3. The second kappa shape index (κ2) is 6.17. The number of nitrogens with two attached hydrogens (primary N) is 1. The van der Waals surface area contributed by atoms with Gasteiger partial charge in [0.25, 0.3) is 5.91 Å². The average molecular weight is 285 g/mol. The quantitative estimate of drug-likeness (QED) is 0.847. The van der Waals surface area contributed by atoms with Crippen molar-refractivity contribution in [2.24, 2.45) is 0 Å². The number of nitrogen functional groups attached to an aromatic ring is 1. The summed E-state index contributed by atoms with van der Waals surface area (Å²) >= 11 is 0. The van der Waals surface area contributed by atoms with Gasteiger partial charge in [0, 0.05) is 31.4 Å². The van der Waals surface area contributed by atoms with Gasteiger partial charge in [-0.3, -0.25) is 4.79 Å². The average Bonchev–Trinajstić information content (AvgIpc) is 2.49. The van der Waals surface area contributed by atoms with Gasteiger partial charge in [-0.25, -0.2) is 0 Å². The molecule has 2 aromatic rings. The number of nitrogens with zero attached hydrogens (tertiary/aromatic N) is 1. The first-order chi connectivity index (χ1) is 10.0.